The van der Waals surface area contributed by atoms with Crippen LogP contribution in [0.25, 0.3) is 6.08 Å². The minimum absolute atomic E-state index is 0.0174. The zero-order valence-corrected chi connectivity index (χ0v) is 15.6. The van der Waals surface area contributed by atoms with E-state index >= 15 is 0 Å². The van der Waals surface area contributed by atoms with Gasteiger partial charge in [0.05, 0.1) is 18.4 Å². The van der Waals surface area contributed by atoms with Crippen LogP contribution in [0.15, 0.2) is 48.5 Å². The van der Waals surface area contributed by atoms with Crippen molar-refractivity contribution in [3.8, 4) is 5.75 Å². The summed E-state index contributed by atoms with van der Waals surface area (Å²) in [6, 6.07) is 9.60. The number of amides is 2. The van der Waals surface area contributed by atoms with Crippen molar-refractivity contribution in [3.63, 3.8) is 0 Å². The fourth-order valence-corrected chi connectivity index (χ4v) is 3.06. The molecule has 152 valence electrons. The monoisotopic (exact) mass is 404 g/mol. The summed E-state index contributed by atoms with van der Waals surface area (Å²) in [5.41, 5.74) is 0.483. The maximum atomic E-state index is 12.8. The molecule has 5 nitrogen and oxygen atoms in total. The van der Waals surface area contributed by atoms with E-state index in [2.05, 4.69) is 5.32 Å². The lowest BCUT2D eigenvalue weighted by molar-refractivity contribution is -0.137. The largest absolute Gasteiger partial charge is 0.495 e. The van der Waals surface area contributed by atoms with Crippen LogP contribution in [0.1, 0.15) is 24.0 Å². The Bertz CT molecular complexity index is 954. The fraction of sp³-hybridized carbons (Fsp3) is 0.238. The molecule has 1 aliphatic rings. The number of alkyl halides is 3. The number of anilines is 2. The maximum Gasteiger partial charge on any atom is 0.416 e. The van der Waals surface area contributed by atoms with Crippen molar-refractivity contribution in [3.05, 3.63) is 59.7 Å². The number of nitrogens with zero attached hydrogens (tertiary/aromatic N) is 1. The van der Waals surface area contributed by atoms with Crippen LogP contribution in [0.5, 0.6) is 5.75 Å². The SMILES string of the molecule is COc1ccc(NC(=O)/C=C/c2cccc(C(F)(F)F)c2)cc1N1CCCC1=O. The van der Waals surface area contributed by atoms with Crippen LogP contribution in [0.4, 0.5) is 24.5 Å². The van der Waals surface area contributed by atoms with Crippen LogP contribution >= 0.6 is 0 Å². The molecular formula is C21H19F3N2O3. The number of carbonyl (C=O) groups excluding carboxylic acids is 2. The zero-order chi connectivity index (χ0) is 21.0. The van der Waals surface area contributed by atoms with Crippen LogP contribution in [0.2, 0.25) is 0 Å². The maximum absolute atomic E-state index is 12.8. The van der Waals surface area contributed by atoms with Gasteiger partial charge in [-0.2, -0.15) is 13.2 Å². The molecule has 29 heavy (non-hydrogen) atoms. The van der Waals surface area contributed by atoms with Crippen molar-refractivity contribution < 1.29 is 27.5 Å². The molecule has 0 spiro atoms. The molecule has 0 bridgehead atoms. The first kappa shape index (κ1) is 20.4. The van der Waals surface area contributed by atoms with Gasteiger partial charge in [-0.15, -0.1) is 0 Å². The highest BCUT2D eigenvalue weighted by Gasteiger charge is 2.30. The number of rotatable bonds is 5. The highest BCUT2D eigenvalue weighted by molar-refractivity contribution is 6.03. The number of hydrogen-bond acceptors (Lipinski definition) is 3. The van der Waals surface area contributed by atoms with Crippen molar-refractivity contribution in [2.75, 3.05) is 23.9 Å². The average Bonchev–Trinajstić information content (AvgIpc) is 3.11. The van der Waals surface area contributed by atoms with Gasteiger partial charge in [0.15, 0.2) is 0 Å². The third-order valence-electron chi connectivity index (χ3n) is 4.45. The summed E-state index contributed by atoms with van der Waals surface area (Å²) in [6.45, 7) is 0.571. The zero-order valence-electron chi connectivity index (χ0n) is 15.6. The molecule has 0 atom stereocenters. The number of nitrogens with one attached hydrogen (secondary N) is 1. The van der Waals surface area contributed by atoms with E-state index in [0.29, 0.717) is 30.1 Å². The van der Waals surface area contributed by atoms with E-state index in [4.69, 9.17) is 4.74 Å². The van der Waals surface area contributed by atoms with E-state index < -0.39 is 17.6 Å². The van der Waals surface area contributed by atoms with Crippen LogP contribution in [-0.4, -0.2) is 25.5 Å². The van der Waals surface area contributed by atoms with E-state index in [9.17, 15) is 22.8 Å². The van der Waals surface area contributed by atoms with Gasteiger partial charge in [-0.1, -0.05) is 12.1 Å². The summed E-state index contributed by atoms with van der Waals surface area (Å²) < 4.78 is 43.6. The van der Waals surface area contributed by atoms with Gasteiger partial charge < -0.3 is 15.0 Å². The number of halogens is 3. The first-order valence-electron chi connectivity index (χ1n) is 8.92. The Balaban J connectivity index is 1.74. The summed E-state index contributed by atoms with van der Waals surface area (Å²) in [4.78, 5) is 25.8. The van der Waals surface area contributed by atoms with Crippen LogP contribution < -0.4 is 15.0 Å². The molecule has 0 aliphatic carbocycles. The van der Waals surface area contributed by atoms with Gasteiger partial charge in [0.2, 0.25) is 11.8 Å². The third kappa shape index (κ3) is 4.96. The molecule has 1 saturated heterocycles. The third-order valence-corrected chi connectivity index (χ3v) is 4.45. The molecule has 2 aromatic carbocycles. The normalized spacial score (nSPS) is 14.5. The Morgan fingerprint density at radius 2 is 2.00 bits per heavy atom. The topological polar surface area (TPSA) is 58.6 Å². The molecule has 0 aromatic heterocycles. The number of carbonyl (C=O) groups is 2. The smallest absolute Gasteiger partial charge is 0.416 e. The fourth-order valence-electron chi connectivity index (χ4n) is 3.06. The van der Waals surface area contributed by atoms with Crippen molar-refractivity contribution in [2.24, 2.45) is 0 Å². The van der Waals surface area contributed by atoms with Crippen molar-refractivity contribution >= 4 is 29.3 Å². The van der Waals surface area contributed by atoms with Gasteiger partial charge in [0, 0.05) is 24.7 Å². The standard InChI is InChI=1S/C21H19F3N2O3/c1-29-18-9-8-16(13-17(18)26-11-3-6-20(26)28)25-19(27)10-7-14-4-2-5-15(12-14)21(22,23)24/h2,4-5,7-10,12-13H,3,6,11H2,1H3,(H,25,27)/b10-7+. The lowest BCUT2D eigenvalue weighted by Gasteiger charge is -2.20. The van der Waals surface area contributed by atoms with Crippen molar-refractivity contribution in [1.29, 1.82) is 0 Å². The molecule has 2 aromatic rings. The van der Waals surface area contributed by atoms with Crippen molar-refractivity contribution in [2.45, 2.75) is 19.0 Å². The van der Waals surface area contributed by atoms with E-state index in [1.807, 2.05) is 0 Å². The van der Waals surface area contributed by atoms with E-state index in [1.54, 1.807) is 23.1 Å². The molecule has 0 unspecified atom stereocenters. The molecule has 1 N–H and O–H groups in total. The van der Waals surface area contributed by atoms with E-state index in [-0.39, 0.29) is 11.5 Å². The Hall–Kier alpha value is -3.29. The van der Waals surface area contributed by atoms with Gasteiger partial charge in [-0.3, -0.25) is 9.59 Å². The second-order valence-corrected chi connectivity index (χ2v) is 6.48. The number of methoxy groups -OCH3 is 1. The molecule has 1 heterocycles. The lowest BCUT2D eigenvalue weighted by atomic mass is 10.1. The molecule has 3 rings (SSSR count). The van der Waals surface area contributed by atoms with Crippen LogP contribution in [0, 0.1) is 0 Å². The second-order valence-electron chi connectivity index (χ2n) is 6.48. The highest BCUT2D eigenvalue weighted by Crippen LogP contribution is 2.34. The predicted molar refractivity (Wildman–Crippen MR) is 104 cm³/mol. The summed E-state index contributed by atoms with van der Waals surface area (Å²) in [5, 5.41) is 2.65. The Kier molecular flexibility index (Phi) is 5.91. The van der Waals surface area contributed by atoms with Crippen molar-refractivity contribution in [1.82, 2.24) is 0 Å². The summed E-state index contributed by atoms with van der Waals surface area (Å²) in [6.07, 6.45) is -0.782. The van der Waals surface area contributed by atoms with E-state index in [1.165, 1.54) is 25.3 Å². The quantitative estimate of drug-likeness (QED) is 0.747. The Labute approximate surface area is 165 Å². The molecule has 2 amide bonds. The second kappa shape index (κ2) is 8.38. The summed E-state index contributed by atoms with van der Waals surface area (Å²) in [7, 11) is 1.50. The first-order chi connectivity index (χ1) is 13.8. The lowest BCUT2D eigenvalue weighted by Crippen LogP contribution is -2.24. The summed E-state index contributed by atoms with van der Waals surface area (Å²) >= 11 is 0. The number of ether oxygens (including phenoxy) is 1. The van der Waals surface area contributed by atoms with Gasteiger partial charge in [0.1, 0.15) is 5.75 Å². The minimum atomic E-state index is -4.45. The average molecular weight is 404 g/mol. The predicted octanol–water partition coefficient (Wildman–Crippen LogP) is 4.49. The molecule has 1 fully saturated rings. The van der Waals surface area contributed by atoms with Crippen LogP contribution in [0.3, 0.4) is 0 Å². The Morgan fingerprint density at radius 1 is 1.21 bits per heavy atom. The minimum Gasteiger partial charge on any atom is -0.495 e. The first-order valence-corrected chi connectivity index (χ1v) is 8.92. The summed E-state index contributed by atoms with van der Waals surface area (Å²) in [5.74, 6) is -0.0137. The molecule has 0 saturated carbocycles. The molecule has 0 radical (unpaired) electrons. The van der Waals surface area contributed by atoms with Gasteiger partial charge in [0.25, 0.3) is 0 Å². The number of hydrogen-bond donors (Lipinski definition) is 1. The van der Waals surface area contributed by atoms with Crippen LogP contribution in [-0.2, 0) is 15.8 Å². The van der Waals surface area contributed by atoms with Gasteiger partial charge in [-0.25, -0.2) is 0 Å². The van der Waals surface area contributed by atoms with Gasteiger partial charge in [-0.05, 0) is 48.4 Å². The van der Waals surface area contributed by atoms with Gasteiger partial charge >= 0.3 is 6.18 Å². The highest BCUT2D eigenvalue weighted by atomic mass is 19.4. The van der Waals surface area contributed by atoms with E-state index in [0.717, 1.165) is 24.6 Å². The molecule has 8 heteroatoms. The number of benzene rings is 2. The Morgan fingerprint density at radius 3 is 2.66 bits per heavy atom. The molecular weight excluding hydrogens is 385 g/mol. The molecule has 1 aliphatic heterocycles.